The Hall–Kier alpha value is -2.94. The number of halogens is 1. The zero-order valence-corrected chi connectivity index (χ0v) is 20.0. The second kappa shape index (κ2) is 9.26. The van der Waals surface area contributed by atoms with Crippen LogP contribution in [-0.4, -0.2) is 58.8 Å². The summed E-state index contributed by atoms with van der Waals surface area (Å²) in [4.78, 5) is 42.2. The van der Waals surface area contributed by atoms with Crippen molar-refractivity contribution in [3.63, 3.8) is 0 Å². The molecule has 2 amide bonds. The van der Waals surface area contributed by atoms with E-state index in [1.807, 2.05) is 6.07 Å². The van der Waals surface area contributed by atoms with Crippen molar-refractivity contribution in [3.05, 3.63) is 65.2 Å². The highest BCUT2D eigenvalue weighted by Crippen LogP contribution is 2.60. The standard InChI is InChI=1S/C26H27ClN2O6/c1-2-34-25(33)20-19-12-13-26(35-19)21(20)24(32)29(18(14-30)15-8-4-3-5-9-15)22(26)23(31)28-17-11-7-6-10-16(17)27/h3-11,18-22,30H,2,12-14H2,1H3,(H,28,31)/t18-,19+,20-,21-,22+,26-/m1/s1. The van der Waals surface area contributed by atoms with Crippen LogP contribution in [0.2, 0.25) is 5.02 Å². The summed E-state index contributed by atoms with van der Waals surface area (Å²) in [5.41, 5.74) is -0.120. The molecule has 0 aliphatic carbocycles. The van der Waals surface area contributed by atoms with Gasteiger partial charge in [0.25, 0.3) is 0 Å². The molecule has 2 bridgehead atoms. The van der Waals surface area contributed by atoms with Crippen LogP contribution >= 0.6 is 11.6 Å². The van der Waals surface area contributed by atoms with Gasteiger partial charge in [-0.05, 0) is 37.5 Å². The largest absolute Gasteiger partial charge is 0.466 e. The number of carbonyl (C=O) groups is 3. The first-order chi connectivity index (χ1) is 16.9. The Morgan fingerprint density at radius 3 is 2.63 bits per heavy atom. The van der Waals surface area contributed by atoms with Crippen LogP contribution in [0.15, 0.2) is 54.6 Å². The minimum absolute atomic E-state index is 0.180. The number of hydrogen-bond acceptors (Lipinski definition) is 6. The van der Waals surface area contributed by atoms with Crippen LogP contribution in [0.3, 0.4) is 0 Å². The predicted molar refractivity (Wildman–Crippen MR) is 127 cm³/mol. The number of aliphatic hydroxyl groups is 1. The van der Waals surface area contributed by atoms with Crippen molar-refractivity contribution in [1.29, 1.82) is 0 Å². The maximum atomic E-state index is 14.0. The third-order valence-corrected chi connectivity index (χ3v) is 7.70. The number of anilines is 1. The first kappa shape index (κ1) is 23.8. The molecule has 5 rings (SSSR count). The van der Waals surface area contributed by atoms with Crippen molar-refractivity contribution in [2.24, 2.45) is 11.8 Å². The molecule has 3 aliphatic heterocycles. The molecule has 3 saturated heterocycles. The van der Waals surface area contributed by atoms with Gasteiger partial charge in [0.15, 0.2) is 0 Å². The number of benzene rings is 2. The topological polar surface area (TPSA) is 105 Å². The van der Waals surface area contributed by atoms with Crippen molar-refractivity contribution >= 4 is 35.1 Å². The molecule has 2 aromatic carbocycles. The third-order valence-electron chi connectivity index (χ3n) is 7.37. The van der Waals surface area contributed by atoms with E-state index in [0.29, 0.717) is 29.1 Å². The van der Waals surface area contributed by atoms with Crippen LogP contribution in [-0.2, 0) is 23.9 Å². The molecule has 184 valence electrons. The van der Waals surface area contributed by atoms with E-state index in [1.165, 1.54) is 4.90 Å². The van der Waals surface area contributed by atoms with Crippen LogP contribution in [0.5, 0.6) is 0 Å². The van der Waals surface area contributed by atoms with Gasteiger partial charge < -0.3 is 24.8 Å². The minimum atomic E-state index is -1.20. The highest BCUT2D eigenvalue weighted by molar-refractivity contribution is 6.33. The van der Waals surface area contributed by atoms with Gasteiger partial charge in [0, 0.05) is 0 Å². The van der Waals surface area contributed by atoms with Crippen molar-refractivity contribution < 1.29 is 29.0 Å². The van der Waals surface area contributed by atoms with Gasteiger partial charge in [-0.2, -0.15) is 0 Å². The van der Waals surface area contributed by atoms with Gasteiger partial charge in [0.05, 0.1) is 47.9 Å². The Morgan fingerprint density at radius 1 is 1.23 bits per heavy atom. The predicted octanol–water partition coefficient (Wildman–Crippen LogP) is 2.95. The number of hydrogen-bond donors (Lipinski definition) is 2. The molecule has 0 radical (unpaired) electrons. The molecule has 9 heteroatoms. The van der Waals surface area contributed by atoms with Crippen LogP contribution in [0, 0.1) is 11.8 Å². The lowest BCUT2D eigenvalue weighted by Crippen LogP contribution is -2.54. The molecule has 2 aromatic rings. The van der Waals surface area contributed by atoms with E-state index in [2.05, 4.69) is 5.32 Å². The summed E-state index contributed by atoms with van der Waals surface area (Å²) < 4.78 is 11.6. The summed E-state index contributed by atoms with van der Waals surface area (Å²) in [7, 11) is 0. The zero-order chi connectivity index (χ0) is 24.7. The number of amides is 2. The Morgan fingerprint density at radius 2 is 1.94 bits per heavy atom. The molecule has 3 heterocycles. The molecule has 35 heavy (non-hydrogen) atoms. The van der Waals surface area contributed by atoms with Gasteiger partial charge in [-0.1, -0.05) is 54.1 Å². The van der Waals surface area contributed by atoms with E-state index in [9.17, 15) is 19.5 Å². The third kappa shape index (κ3) is 3.71. The van der Waals surface area contributed by atoms with E-state index >= 15 is 0 Å². The Bertz CT molecular complexity index is 1140. The second-order valence-corrected chi connectivity index (χ2v) is 9.54. The molecule has 0 unspecified atom stereocenters. The van der Waals surface area contributed by atoms with Crippen molar-refractivity contribution in [2.45, 2.75) is 43.6 Å². The molecule has 1 spiro atoms. The fourth-order valence-electron chi connectivity index (χ4n) is 6.03. The van der Waals surface area contributed by atoms with E-state index in [4.69, 9.17) is 21.1 Å². The highest BCUT2D eigenvalue weighted by atomic mass is 35.5. The van der Waals surface area contributed by atoms with Crippen LogP contribution < -0.4 is 5.32 Å². The Kier molecular flexibility index (Phi) is 6.29. The minimum Gasteiger partial charge on any atom is -0.466 e. The maximum absolute atomic E-state index is 14.0. The molecule has 0 saturated carbocycles. The van der Waals surface area contributed by atoms with Gasteiger partial charge in [-0.15, -0.1) is 0 Å². The number of nitrogens with one attached hydrogen (secondary N) is 1. The number of para-hydroxylation sites is 1. The van der Waals surface area contributed by atoms with Crippen LogP contribution in [0.4, 0.5) is 5.69 Å². The fourth-order valence-corrected chi connectivity index (χ4v) is 6.21. The number of nitrogens with zero attached hydrogens (tertiary/aromatic N) is 1. The fraction of sp³-hybridized carbons (Fsp3) is 0.423. The van der Waals surface area contributed by atoms with E-state index in [0.717, 1.165) is 0 Å². The lowest BCUT2D eigenvalue weighted by molar-refractivity contribution is -0.155. The molecule has 6 atom stereocenters. The van der Waals surface area contributed by atoms with Gasteiger partial charge in [-0.3, -0.25) is 14.4 Å². The second-order valence-electron chi connectivity index (χ2n) is 9.13. The zero-order valence-electron chi connectivity index (χ0n) is 19.2. The summed E-state index contributed by atoms with van der Waals surface area (Å²) >= 11 is 6.29. The summed E-state index contributed by atoms with van der Waals surface area (Å²) in [5, 5.41) is 13.6. The highest BCUT2D eigenvalue weighted by Gasteiger charge is 2.75. The lowest BCUT2D eigenvalue weighted by atomic mass is 9.70. The summed E-state index contributed by atoms with van der Waals surface area (Å²) in [5.74, 6) is -3.04. The van der Waals surface area contributed by atoms with Gasteiger partial charge in [0.1, 0.15) is 11.6 Å². The molecule has 2 N–H and O–H groups in total. The summed E-state index contributed by atoms with van der Waals surface area (Å²) in [6.07, 6.45) is 0.477. The Labute approximate surface area is 208 Å². The van der Waals surface area contributed by atoms with Gasteiger partial charge in [0.2, 0.25) is 11.8 Å². The summed E-state index contributed by atoms with van der Waals surface area (Å²) in [6, 6.07) is 14.0. The smallest absolute Gasteiger partial charge is 0.312 e. The molecule has 3 fully saturated rings. The molecular weight excluding hydrogens is 472 g/mol. The lowest BCUT2D eigenvalue weighted by Gasteiger charge is -2.36. The normalized spacial score (nSPS) is 29.7. The average Bonchev–Trinajstić information content (AvgIpc) is 3.50. The van der Waals surface area contributed by atoms with Gasteiger partial charge in [-0.25, -0.2) is 0 Å². The number of fused-ring (bicyclic) bond motifs is 1. The Balaban J connectivity index is 1.59. The number of aliphatic hydroxyl groups excluding tert-OH is 1. The monoisotopic (exact) mass is 498 g/mol. The number of carbonyl (C=O) groups excluding carboxylic acids is 3. The number of ether oxygens (including phenoxy) is 2. The summed E-state index contributed by atoms with van der Waals surface area (Å²) in [6.45, 7) is 1.49. The average molecular weight is 499 g/mol. The molecule has 3 aliphatic rings. The van der Waals surface area contributed by atoms with E-state index < -0.39 is 60.0 Å². The van der Waals surface area contributed by atoms with Gasteiger partial charge >= 0.3 is 5.97 Å². The van der Waals surface area contributed by atoms with E-state index in [1.54, 1.807) is 55.5 Å². The van der Waals surface area contributed by atoms with Crippen molar-refractivity contribution in [1.82, 2.24) is 4.90 Å². The van der Waals surface area contributed by atoms with E-state index in [-0.39, 0.29) is 6.61 Å². The number of likely N-dealkylation sites (tertiary alicyclic amines) is 1. The molecule has 8 nitrogen and oxygen atoms in total. The first-order valence-electron chi connectivity index (χ1n) is 11.8. The van der Waals surface area contributed by atoms with Crippen molar-refractivity contribution in [3.8, 4) is 0 Å². The molecule has 0 aromatic heterocycles. The SMILES string of the molecule is CCOC(=O)[C@@H]1[C@@H]2CC[C@]3(O2)[C@H](C(=O)Nc2ccccc2Cl)N([C@H](CO)c2ccccc2)C(=O)[C@@H]13. The maximum Gasteiger partial charge on any atom is 0.312 e. The number of rotatable bonds is 7. The van der Waals surface area contributed by atoms with Crippen LogP contribution in [0.1, 0.15) is 31.4 Å². The first-order valence-corrected chi connectivity index (χ1v) is 12.2. The van der Waals surface area contributed by atoms with Crippen LogP contribution in [0.25, 0.3) is 0 Å². The van der Waals surface area contributed by atoms with Crippen molar-refractivity contribution in [2.75, 3.05) is 18.5 Å². The molecular formula is C26H27ClN2O6. The quantitative estimate of drug-likeness (QED) is 0.569. The number of esters is 1.